The molecule has 20 heavy (non-hydrogen) atoms. The highest BCUT2D eigenvalue weighted by Gasteiger charge is 2.10. The van der Waals surface area contributed by atoms with Gasteiger partial charge in [-0.25, -0.2) is 0 Å². The largest absolute Gasteiger partial charge is 0.438 e. The van der Waals surface area contributed by atoms with E-state index in [0.717, 1.165) is 5.56 Å². The molecular formula is C14H16N4O2. The molecule has 1 heterocycles. The Labute approximate surface area is 117 Å². The Balaban J connectivity index is 2.12. The molecule has 1 aromatic carbocycles. The quantitative estimate of drug-likeness (QED) is 0.910. The molecule has 0 saturated carbocycles. The maximum absolute atomic E-state index is 11.7. The highest BCUT2D eigenvalue weighted by Crippen LogP contribution is 2.19. The fourth-order valence-corrected chi connectivity index (χ4v) is 1.57. The third-order valence-corrected chi connectivity index (χ3v) is 2.62. The first-order valence-electron chi connectivity index (χ1n) is 6.12. The van der Waals surface area contributed by atoms with Gasteiger partial charge in [0.05, 0.1) is 0 Å². The number of amides is 1. The van der Waals surface area contributed by atoms with Gasteiger partial charge in [0.1, 0.15) is 5.75 Å². The van der Waals surface area contributed by atoms with Crippen LogP contribution in [0.5, 0.6) is 11.6 Å². The molecular weight excluding hydrogens is 256 g/mol. The number of ether oxygens (including phenoxy) is 1. The van der Waals surface area contributed by atoms with E-state index in [1.807, 2.05) is 18.2 Å². The second-order valence-corrected chi connectivity index (χ2v) is 4.41. The van der Waals surface area contributed by atoms with Crippen LogP contribution in [-0.2, 0) is 6.54 Å². The van der Waals surface area contributed by atoms with Gasteiger partial charge in [0.25, 0.3) is 5.91 Å². The summed E-state index contributed by atoms with van der Waals surface area (Å²) in [6.07, 6.45) is 0. The van der Waals surface area contributed by atoms with E-state index in [4.69, 9.17) is 10.5 Å². The first kappa shape index (κ1) is 14.0. The Morgan fingerprint density at radius 3 is 2.65 bits per heavy atom. The van der Waals surface area contributed by atoms with Crippen LogP contribution in [0.4, 0.5) is 0 Å². The molecule has 104 valence electrons. The van der Waals surface area contributed by atoms with Crippen molar-refractivity contribution in [2.45, 2.75) is 6.54 Å². The van der Waals surface area contributed by atoms with Gasteiger partial charge in [-0.15, -0.1) is 10.2 Å². The number of aromatic nitrogens is 2. The van der Waals surface area contributed by atoms with Crippen molar-refractivity contribution in [1.29, 1.82) is 0 Å². The van der Waals surface area contributed by atoms with Crippen LogP contribution in [0.25, 0.3) is 0 Å². The molecule has 0 spiro atoms. The lowest BCUT2D eigenvalue weighted by Crippen LogP contribution is -2.23. The zero-order chi connectivity index (χ0) is 14.5. The number of hydrogen-bond donors (Lipinski definition) is 1. The molecule has 2 aromatic rings. The van der Waals surface area contributed by atoms with Crippen molar-refractivity contribution >= 4 is 5.91 Å². The van der Waals surface area contributed by atoms with Gasteiger partial charge in [0, 0.05) is 26.7 Å². The maximum Gasteiger partial charge on any atom is 0.273 e. The lowest BCUT2D eigenvalue weighted by Gasteiger charge is -2.09. The predicted octanol–water partition coefficient (Wildman–Crippen LogP) is 1.43. The first-order chi connectivity index (χ1) is 9.60. The predicted molar refractivity (Wildman–Crippen MR) is 74.5 cm³/mol. The van der Waals surface area contributed by atoms with E-state index >= 15 is 0 Å². The summed E-state index contributed by atoms with van der Waals surface area (Å²) in [6, 6.07) is 10.6. The first-order valence-corrected chi connectivity index (χ1v) is 6.12. The maximum atomic E-state index is 11.7. The van der Waals surface area contributed by atoms with Crippen LogP contribution >= 0.6 is 0 Å². The zero-order valence-electron chi connectivity index (χ0n) is 11.4. The highest BCUT2D eigenvalue weighted by atomic mass is 16.5. The van der Waals surface area contributed by atoms with Crippen LogP contribution in [0, 0.1) is 0 Å². The van der Waals surface area contributed by atoms with Crippen molar-refractivity contribution in [3.63, 3.8) is 0 Å². The molecule has 2 N–H and O–H groups in total. The van der Waals surface area contributed by atoms with E-state index in [1.54, 1.807) is 32.3 Å². The van der Waals surface area contributed by atoms with Gasteiger partial charge in [0.2, 0.25) is 5.88 Å². The summed E-state index contributed by atoms with van der Waals surface area (Å²) < 4.78 is 5.56. The van der Waals surface area contributed by atoms with Gasteiger partial charge >= 0.3 is 0 Å². The summed E-state index contributed by atoms with van der Waals surface area (Å²) in [6.45, 7) is 0.444. The molecule has 0 aliphatic rings. The van der Waals surface area contributed by atoms with Crippen LogP contribution in [-0.4, -0.2) is 35.1 Å². The third-order valence-electron chi connectivity index (χ3n) is 2.62. The molecule has 0 aliphatic heterocycles. The van der Waals surface area contributed by atoms with E-state index in [9.17, 15) is 4.79 Å². The van der Waals surface area contributed by atoms with Crippen LogP contribution in [0.3, 0.4) is 0 Å². The molecule has 0 aliphatic carbocycles. The Hall–Kier alpha value is -2.47. The topological polar surface area (TPSA) is 81.3 Å². The SMILES string of the molecule is CN(C)C(=O)c1ccc(Oc2cccc(CN)c2)nn1. The number of rotatable bonds is 4. The average Bonchev–Trinajstić information content (AvgIpc) is 2.47. The van der Waals surface area contributed by atoms with E-state index in [0.29, 0.717) is 18.2 Å². The summed E-state index contributed by atoms with van der Waals surface area (Å²) in [7, 11) is 3.32. The van der Waals surface area contributed by atoms with Crippen molar-refractivity contribution in [1.82, 2.24) is 15.1 Å². The Morgan fingerprint density at radius 2 is 2.05 bits per heavy atom. The van der Waals surface area contributed by atoms with Crippen LogP contribution < -0.4 is 10.5 Å². The third kappa shape index (κ3) is 3.30. The van der Waals surface area contributed by atoms with Crippen molar-refractivity contribution < 1.29 is 9.53 Å². The second kappa shape index (κ2) is 6.12. The zero-order valence-corrected chi connectivity index (χ0v) is 11.4. The Morgan fingerprint density at radius 1 is 1.25 bits per heavy atom. The molecule has 0 fully saturated rings. The Bertz CT molecular complexity index is 596. The molecule has 6 nitrogen and oxygen atoms in total. The monoisotopic (exact) mass is 272 g/mol. The number of carbonyl (C=O) groups excluding carboxylic acids is 1. The van der Waals surface area contributed by atoms with E-state index in [-0.39, 0.29) is 11.6 Å². The van der Waals surface area contributed by atoms with E-state index < -0.39 is 0 Å². The molecule has 0 unspecified atom stereocenters. The molecule has 1 aromatic heterocycles. The van der Waals surface area contributed by atoms with Gasteiger partial charge < -0.3 is 15.4 Å². The minimum atomic E-state index is -0.200. The molecule has 0 atom stereocenters. The van der Waals surface area contributed by atoms with Crippen molar-refractivity contribution in [3.05, 3.63) is 47.7 Å². The molecule has 6 heteroatoms. The fourth-order valence-electron chi connectivity index (χ4n) is 1.57. The summed E-state index contributed by atoms with van der Waals surface area (Å²) in [4.78, 5) is 13.1. The van der Waals surface area contributed by atoms with E-state index in [1.165, 1.54) is 4.90 Å². The number of hydrogen-bond acceptors (Lipinski definition) is 5. The molecule has 2 rings (SSSR count). The van der Waals surface area contributed by atoms with Crippen molar-refractivity contribution in [2.24, 2.45) is 5.73 Å². The smallest absolute Gasteiger partial charge is 0.273 e. The number of carbonyl (C=O) groups is 1. The van der Waals surface area contributed by atoms with Crippen molar-refractivity contribution in [3.8, 4) is 11.6 Å². The molecule has 1 amide bonds. The van der Waals surface area contributed by atoms with Crippen LogP contribution in [0.15, 0.2) is 36.4 Å². The Kier molecular flexibility index (Phi) is 4.27. The van der Waals surface area contributed by atoms with Crippen LogP contribution in [0.2, 0.25) is 0 Å². The summed E-state index contributed by atoms with van der Waals surface area (Å²) in [5.41, 5.74) is 6.81. The summed E-state index contributed by atoms with van der Waals surface area (Å²) >= 11 is 0. The fraction of sp³-hybridized carbons (Fsp3) is 0.214. The average molecular weight is 272 g/mol. The van der Waals surface area contributed by atoms with Crippen molar-refractivity contribution in [2.75, 3.05) is 14.1 Å². The highest BCUT2D eigenvalue weighted by molar-refractivity contribution is 5.91. The van der Waals surface area contributed by atoms with Gasteiger partial charge in [-0.3, -0.25) is 4.79 Å². The molecule has 0 radical (unpaired) electrons. The number of nitrogens with zero attached hydrogens (tertiary/aromatic N) is 3. The van der Waals surface area contributed by atoms with Gasteiger partial charge in [-0.2, -0.15) is 0 Å². The normalized spacial score (nSPS) is 10.2. The standard InChI is InChI=1S/C14H16N4O2/c1-18(2)14(19)12-6-7-13(17-16-12)20-11-5-3-4-10(8-11)9-15/h3-8H,9,15H2,1-2H3. The van der Waals surface area contributed by atoms with E-state index in [2.05, 4.69) is 10.2 Å². The summed E-state index contributed by atoms with van der Waals surface area (Å²) in [5.74, 6) is 0.762. The number of benzene rings is 1. The number of nitrogens with two attached hydrogens (primary N) is 1. The molecule has 0 bridgehead atoms. The van der Waals surface area contributed by atoms with Gasteiger partial charge in [-0.05, 0) is 23.8 Å². The molecule has 0 saturated heterocycles. The summed E-state index contributed by atoms with van der Waals surface area (Å²) in [5, 5.41) is 7.73. The second-order valence-electron chi connectivity index (χ2n) is 4.41. The lowest BCUT2D eigenvalue weighted by molar-refractivity contribution is 0.0820. The van der Waals surface area contributed by atoms with Gasteiger partial charge in [0.15, 0.2) is 5.69 Å². The van der Waals surface area contributed by atoms with Gasteiger partial charge in [-0.1, -0.05) is 12.1 Å². The van der Waals surface area contributed by atoms with Crippen LogP contribution in [0.1, 0.15) is 16.1 Å². The minimum absolute atomic E-state index is 0.200. The lowest BCUT2D eigenvalue weighted by atomic mass is 10.2. The minimum Gasteiger partial charge on any atom is -0.438 e.